The van der Waals surface area contributed by atoms with E-state index in [0.29, 0.717) is 18.5 Å². The zero-order valence-corrected chi connectivity index (χ0v) is 13.8. The highest BCUT2D eigenvalue weighted by molar-refractivity contribution is 5.33. The van der Waals surface area contributed by atoms with Gasteiger partial charge in [-0.3, -0.25) is 0 Å². The monoisotopic (exact) mass is 337 g/mol. The van der Waals surface area contributed by atoms with Gasteiger partial charge in [0.25, 0.3) is 0 Å². The molecule has 24 heavy (non-hydrogen) atoms. The summed E-state index contributed by atoms with van der Waals surface area (Å²) < 4.78 is 30.7. The Hall–Kier alpha value is -1.31. The maximum Gasteiger partial charge on any atom is 0.225 e. The lowest BCUT2D eigenvalue weighted by atomic mass is 10.0. The number of rotatable bonds is 4. The number of halogens is 1. The van der Waals surface area contributed by atoms with Crippen molar-refractivity contribution in [3.63, 3.8) is 0 Å². The first kappa shape index (κ1) is 16.2. The molecule has 1 aromatic heterocycles. The molecular weight excluding hydrogens is 313 g/mol. The lowest BCUT2D eigenvalue weighted by Crippen LogP contribution is -2.52. The molecule has 1 aliphatic carbocycles. The summed E-state index contributed by atoms with van der Waals surface area (Å²) in [6.07, 6.45) is 6.75. The Bertz CT molecular complexity index is 538. The van der Waals surface area contributed by atoms with Gasteiger partial charge in [-0.25, -0.2) is 14.4 Å². The van der Waals surface area contributed by atoms with Crippen molar-refractivity contribution in [1.29, 1.82) is 0 Å². The minimum Gasteiger partial charge on any atom is -0.381 e. The summed E-state index contributed by atoms with van der Waals surface area (Å²) in [6.45, 7) is 3.83. The van der Waals surface area contributed by atoms with E-state index in [9.17, 15) is 4.39 Å². The van der Waals surface area contributed by atoms with Crippen LogP contribution in [0.1, 0.15) is 25.7 Å². The molecule has 3 fully saturated rings. The van der Waals surface area contributed by atoms with E-state index in [4.69, 9.17) is 14.2 Å². The first-order chi connectivity index (χ1) is 11.8. The van der Waals surface area contributed by atoms with Crippen LogP contribution >= 0.6 is 0 Å². The number of morpholine rings is 1. The third-order valence-corrected chi connectivity index (χ3v) is 5.29. The van der Waals surface area contributed by atoms with Crippen LogP contribution in [0.4, 0.5) is 10.3 Å². The summed E-state index contributed by atoms with van der Waals surface area (Å²) in [4.78, 5) is 10.4. The van der Waals surface area contributed by atoms with Crippen LogP contribution in [0, 0.1) is 11.7 Å². The highest BCUT2D eigenvalue weighted by atomic mass is 19.1. The third kappa shape index (κ3) is 3.38. The second-order valence-corrected chi connectivity index (χ2v) is 6.80. The van der Waals surface area contributed by atoms with E-state index in [1.807, 2.05) is 0 Å². The predicted octanol–water partition coefficient (Wildman–Crippen LogP) is 1.80. The lowest BCUT2D eigenvalue weighted by molar-refractivity contribution is -0.0863. The molecule has 6 nitrogen and oxygen atoms in total. The van der Waals surface area contributed by atoms with Crippen molar-refractivity contribution in [3.05, 3.63) is 18.2 Å². The third-order valence-electron chi connectivity index (χ3n) is 5.29. The fourth-order valence-electron chi connectivity index (χ4n) is 3.97. The van der Waals surface area contributed by atoms with Crippen LogP contribution < -0.4 is 4.90 Å². The molecule has 3 atom stereocenters. The summed E-state index contributed by atoms with van der Waals surface area (Å²) in [5.41, 5.74) is 0. The Morgan fingerprint density at radius 2 is 1.92 bits per heavy atom. The van der Waals surface area contributed by atoms with Crippen molar-refractivity contribution in [2.75, 3.05) is 37.9 Å². The Balaban J connectivity index is 1.38. The standard InChI is InChI=1S/C17H24FN3O3/c18-13-9-19-17(20-10-13)21-5-8-23-16-14(21)1-2-15(16)24-11-12-3-6-22-7-4-12/h9-10,12,14-16H,1-8,11H2/t14-,15+,16+/m0/s1. The van der Waals surface area contributed by atoms with E-state index in [2.05, 4.69) is 14.9 Å². The maximum absolute atomic E-state index is 13.1. The molecule has 3 aliphatic rings. The van der Waals surface area contributed by atoms with Crippen molar-refractivity contribution in [2.24, 2.45) is 5.92 Å². The Labute approximate surface area is 141 Å². The van der Waals surface area contributed by atoms with Gasteiger partial charge in [0.1, 0.15) is 6.10 Å². The van der Waals surface area contributed by atoms with Crippen molar-refractivity contribution < 1.29 is 18.6 Å². The number of ether oxygens (including phenoxy) is 3. The summed E-state index contributed by atoms with van der Waals surface area (Å²) >= 11 is 0. The SMILES string of the molecule is Fc1cnc(N2CCO[C@H]3[C@H](OCC4CCOCC4)CC[C@@H]32)nc1. The summed E-state index contributed by atoms with van der Waals surface area (Å²) in [6, 6.07) is 0.212. The van der Waals surface area contributed by atoms with Crippen LogP contribution in [0.5, 0.6) is 0 Å². The largest absolute Gasteiger partial charge is 0.381 e. The first-order valence-electron chi connectivity index (χ1n) is 8.86. The Kier molecular flexibility index (Phi) is 4.91. The zero-order chi connectivity index (χ0) is 16.4. The molecule has 1 aromatic rings. The van der Waals surface area contributed by atoms with Crippen molar-refractivity contribution in [1.82, 2.24) is 9.97 Å². The smallest absolute Gasteiger partial charge is 0.225 e. The van der Waals surface area contributed by atoms with Crippen molar-refractivity contribution >= 4 is 5.95 Å². The van der Waals surface area contributed by atoms with E-state index in [1.165, 1.54) is 12.4 Å². The minimum absolute atomic E-state index is 0.0484. The molecule has 0 N–H and O–H groups in total. The van der Waals surface area contributed by atoms with Gasteiger partial charge in [-0.2, -0.15) is 0 Å². The van der Waals surface area contributed by atoms with Gasteiger partial charge in [0, 0.05) is 19.8 Å². The van der Waals surface area contributed by atoms with Crippen LogP contribution in [-0.2, 0) is 14.2 Å². The average Bonchev–Trinajstić information content (AvgIpc) is 3.05. The van der Waals surface area contributed by atoms with Gasteiger partial charge >= 0.3 is 0 Å². The molecule has 0 radical (unpaired) electrons. The van der Waals surface area contributed by atoms with Crippen LogP contribution in [0.15, 0.2) is 12.4 Å². The normalized spacial score (nSPS) is 31.2. The molecular formula is C17H24FN3O3. The fourth-order valence-corrected chi connectivity index (χ4v) is 3.97. The molecule has 2 aliphatic heterocycles. The van der Waals surface area contributed by atoms with Crippen LogP contribution in [-0.4, -0.2) is 61.2 Å². The Morgan fingerprint density at radius 3 is 2.71 bits per heavy atom. The first-order valence-corrected chi connectivity index (χ1v) is 8.86. The number of hydrogen-bond donors (Lipinski definition) is 0. The van der Waals surface area contributed by atoms with Crippen LogP contribution in [0.3, 0.4) is 0 Å². The average molecular weight is 337 g/mol. The summed E-state index contributed by atoms with van der Waals surface area (Å²) in [5.74, 6) is 0.769. The molecule has 2 saturated heterocycles. The molecule has 132 valence electrons. The highest BCUT2D eigenvalue weighted by Crippen LogP contribution is 2.34. The van der Waals surface area contributed by atoms with Gasteiger partial charge < -0.3 is 19.1 Å². The van der Waals surface area contributed by atoms with E-state index in [1.54, 1.807) is 0 Å². The zero-order valence-electron chi connectivity index (χ0n) is 13.8. The van der Waals surface area contributed by atoms with Gasteiger partial charge in [0.15, 0.2) is 5.82 Å². The molecule has 0 unspecified atom stereocenters. The molecule has 4 rings (SSSR count). The second-order valence-electron chi connectivity index (χ2n) is 6.80. The van der Waals surface area contributed by atoms with E-state index >= 15 is 0 Å². The van der Waals surface area contributed by atoms with Gasteiger partial charge in [0.05, 0.1) is 37.8 Å². The minimum atomic E-state index is -0.410. The molecule has 7 heteroatoms. The van der Waals surface area contributed by atoms with Gasteiger partial charge in [-0.1, -0.05) is 0 Å². The molecule has 0 amide bonds. The second kappa shape index (κ2) is 7.29. The van der Waals surface area contributed by atoms with Crippen molar-refractivity contribution in [2.45, 2.75) is 43.9 Å². The van der Waals surface area contributed by atoms with Crippen LogP contribution in [0.2, 0.25) is 0 Å². The van der Waals surface area contributed by atoms with E-state index in [-0.39, 0.29) is 18.2 Å². The molecule has 0 aromatic carbocycles. The number of anilines is 1. The quantitative estimate of drug-likeness (QED) is 0.835. The van der Waals surface area contributed by atoms with Gasteiger partial charge in [-0.05, 0) is 31.6 Å². The number of aromatic nitrogens is 2. The van der Waals surface area contributed by atoms with E-state index in [0.717, 1.165) is 52.0 Å². The number of fused-ring (bicyclic) bond motifs is 1. The predicted molar refractivity (Wildman–Crippen MR) is 85.4 cm³/mol. The summed E-state index contributed by atoms with van der Waals surface area (Å²) in [7, 11) is 0. The summed E-state index contributed by atoms with van der Waals surface area (Å²) in [5, 5.41) is 0. The van der Waals surface area contributed by atoms with Gasteiger partial charge in [0.2, 0.25) is 5.95 Å². The molecule has 1 saturated carbocycles. The lowest BCUT2D eigenvalue weighted by Gasteiger charge is -2.39. The van der Waals surface area contributed by atoms with E-state index < -0.39 is 5.82 Å². The highest BCUT2D eigenvalue weighted by Gasteiger charge is 2.44. The van der Waals surface area contributed by atoms with Gasteiger partial charge in [-0.15, -0.1) is 0 Å². The van der Waals surface area contributed by atoms with Crippen molar-refractivity contribution in [3.8, 4) is 0 Å². The molecule has 0 spiro atoms. The molecule has 0 bridgehead atoms. The Morgan fingerprint density at radius 1 is 1.12 bits per heavy atom. The van der Waals surface area contributed by atoms with Crippen LogP contribution in [0.25, 0.3) is 0 Å². The topological polar surface area (TPSA) is 56.7 Å². The number of hydrogen-bond acceptors (Lipinski definition) is 6. The fraction of sp³-hybridized carbons (Fsp3) is 0.765. The number of nitrogens with zero attached hydrogens (tertiary/aromatic N) is 3. The maximum atomic E-state index is 13.1. The molecule has 3 heterocycles.